The van der Waals surface area contributed by atoms with Gasteiger partial charge in [-0.25, -0.2) is 0 Å². The highest BCUT2D eigenvalue weighted by atomic mass is 79.9. The van der Waals surface area contributed by atoms with Crippen LogP contribution < -0.4 is 5.73 Å². The Kier molecular flexibility index (Phi) is 5.24. The van der Waals surface area contributed by atoms with Gasteiger partial charge in [0.05, 0.1) is 12.1 Å². The van der Waals surface area contributed by atoms with E-state index in [4.69, 9.17) is 14.9 Å². The van der Waals surface area contributed by atoms with Crippen molar-refractivity contribution in [2.24, 2.45) is 5.73 Å². The van der Waals surface area contributed by atoms with Crippen LogP contribution in [0.4, 0.5) is 0 Å². The molecule has 4 nitrogen and oxygen atoms in total. The predicted octanol–water partition coefficient (Wildman–Crippen LogP) is 2.54. The van der Waals surface area contributed by atoms with Gasteiger partial charge in [0.2, 0.25) is 0 Å². The maximum absolute atomic E-state index is 5.89. The van der Waals surface area contributed by atoms with E-state index in [0.29, 0.717) is 12.6 Å². The van der Waals surface area contributed by atoms with E-state index < -0.39 is 0 Å². The Hall–Kier alpha value is -0.360. The number of hydrogen-bond acceptors (Lipinski definition) is 4. The molecular formula is C13H21BrN2O2. The molecule has 18 heavy (non-hydrogen) atoms. The number of hydrogen-bond donors (Lipinski definition) is 1. The van der Waals surface area contributed by atoms with E-state index in [1.807, 2.05) is 12.1 Å². The van der Waals surface area contributed by atoms with Crippen molar-refractivity contribution < 1.29 is 9.15 Å². The number of nitrogens with two attached hydrogens (primary N) is 1. The number of furan rings is 1. The molecule has 1 unspecified atom stereocenters. The van der Waals surface area contributed by atoms with Crippen molar-refractivity contribution >= 4 is 15.9 Å². The minimum Gasteiger partial charge on any atom is -0.453 e. The minimum absolute atomic E-state index is 0.180. The van der Waals surface area contributed by atoms with E-state index in [1.54, 1.807) is 0 Å². The molecule has 2 rings (SSSR count). The lowest BCUT2D eigenvalue weighted by molar-refractivity contribution is 0.00216. The summed E-state index contributed by atoms with van der Waals surface area (Å²) in [6.07, 6.45) is 2.56. The van der Waals surface area contributed by atoms with Crippen LogP contribution >= 0.6 is 15.9 Å². The quantitative estimate of drug-likeness (QED) is 0.907. The van der Waals surface area contributed by atoms with Crippen molar-refractivity contribution in [2.45, 2.75) is 31.9 Å². The summed E-state index contributed by atoms with van der Waals surface area (Å²) in [6, 6.07) is 4.10. The first-order valence-corrected chi connectivity index (χ1v) is 7.34. The Morgan fingerprint density at radius 3 is 2.72 bits per heavy atom. The molecule has 0 aromatic carbocycles. The normalized spacial score (nSPS) is 20.2. The van der Waals surface area contributed by atoms with Gasteiger partial charge in [0, 0.05) is 26.2 Å². The number of nitrogens with zero attached hydrogens (tertiary/aromatic N) is 1. The minimum atomic E-state index is 0.180. The SMILES string of the molecule is CCOC1CCN(C(CN)c2ccc(Br)o2)CC1. The van der Waals surface area contributed by atoms with Crippen molar-refractivity contribution in [2.75, 3.05) is 26.2 Å². The summed E-state index contributed by atoms with van der Waals surface area (Å²) in [5.74, 6) is 0.944. The van der Waals surface area contributed by atoms with Gasteiger partial charge in [-0.1, -0.05) is 0 Å². The predicted molar refractivity (Wildman–Crippen MR) is 74.4 cm³/mol. The molecule has 5 heteroatoms. The zero-order valence-corrected chi connectivity index (χ0v) is 12.4. The Labute approximate surface area is 117 Å². The van der Waals surface area contributed by atoms with Crippen molar-refractivity contribution in [1.82, 2.24) is 4.90 Å². The highest BCUT2D eigenvalue weighted by molar-refractivity contribution is 9.10. The van der Waals surface area contributed by atoms with Gasteiger partial charge in [0.1, 0.15) is 5.76 Å². The number of likely N-dealkylation sites (tertiary alicyclic amines) is 1. The van der Waals surface area contributed by atoms with E-state index in [-0.39, 0.29) is 6.04 Å². The fraction of sp³-hybridized carbons (Fsp3) is 0.692. The van der Waals surface area contributed by atoms with Crippen molar-refractivity contribution in [1.29, 1.82) is 0 Å². The average Bonchev–Trinajstić information content (AvgIpc) is 2.79. The Morgan fingerprint density at radius 1 is 1.50 bits per heavy atom. The number of rotatable bonds is 5. The van der Waals surface area contributed by atoms with Gasteiger partial charge in [0.15, 0.2) is 4.67 Å². The van der Waals surface area contributed by atoms with Gasteiger partial charge < -0.3 is 14.9 Å². The van der Waals surface area contributed by atoms with E-state index in [0.717, 1.165) is 43.0 Å². The molecule has 1 aliphatic heterocycles. The smallest absolute Gasteiger partial charge is 0.169 e. The molecule has 102 valence electrons. The molecule has 1 atom stereocenters. The molecule has 0 amide bonds. The third-order valence-electron chi connectivity index (χ3n) is 3.47. The third kappa shape index (κ3) is 3.35. The first kappa shape index (κ1) is 14.1. The van der Waals surface area contributed by atoms with Crippen molar-refractivity contribution in [3.05, 3.63) is 22.6 Å². The number of halogens is 1. The molecule has 1 fully saturated rings. The summed E-state index contributed by atoms with van der Waals surface area (Å²) in [7, 11) is 0. The molecule has 1 aliphatic rings. The Bertz CT molecular complexity index is 362. The van der Waals surface area contributed by atoms with Crippen LogP contribution in [-0.4, -0.2) is 37.2 Å². The van der Waals surface area contributed by atoms with Crippen LogP contribution in [0, 0.1) is 0 Å². The van der Waals surface area contributed by atoms with Gasteiger partial charge in [-0.15, -0.1) is 0 Å². The first-order chi connectivity index (χ1) is 8.74. The lowest BCUT2D eigenvalue weighted by atomic mass is 10.0. The van der Waals surface area contributed by atoms with Crippen molar-refractivity contribution in [3.8, 4) is 0 Å². The van der Waals surface area contributed by atoms with Crippen LogP contribution in [-0.2, 0) is 4.74 Å². The third-order valence-corrected chi connectivity index (χ3v) is 3.89. The molecule has 0 spiro atoms. The van der Waals surface area contributed by atoms with Crippen LogP contribution in [0.1, 0.15) is 31.6 Å². The van der Waals surface area contributed by atoms with E-state index >= 15 is 0 Å². The maximum atomic E-state index is 5.89. The number of piperidine rings is 1. The van der Waals surface area contributed by atoms with Crippen LogP contribution in [0.5, 0.6) is 0 Å². The monoisotopic (exact) mass is 316 g/mol. The Balaban J connectivity index is 1.94. The molecule has 1 aromatic heterocycles. The number of ether oxygens (including phenoxy) is 1. The van der Waals surface area contributed by atoms with Gasteiger partial charge in [-0.05, 0) is 47.8 Å². The summed E-state index contributed by atoms with van der Waals surface area (Å²) in [5.41, 5.74) is 5.89. The summed E-state index contributed by atoms with van der Waals surface area (Å²) in [5, 5.41) is 0. The molecule has 0 bridgehead atoms. The average molecular weight is 317 g/mol. The lowest BCUT2D eigenvalue weighted by Gasteiger charge is -2.36. The van der Waals surface area contributed by atoms with Gasteiger partial charge >= 0.3 is 0 Å². The summed E-state index contributed by atoms with van der Waals surface area (Å²) >= 11 is 3.34. The molecule has 1 saturated heterocycles. The molecule has 2 N–H and O–H groups in total. The highest BCUT2D eigenvalue weighted by Gasteiger charge is 2.27. The standard InChI is InChI=1S/C13H21BrN2O2/c1-2-17-10-5-7-16(8-6-10)11(9-15)12-3-4-13(14)18-12/h3-4,10-11H,2,5-9,15H2,1H3. The second-order valence-electron chi connectivity index (χ2n) is 4.58. The highest BCUT2D eigenvalue weighted by Crippen LogP contribution is 2.27. The Morgan fingerprint density at radius 2 is 2.22 bits per heavy atom. The summed E-state index contributed by atoms with van der Waals surface area (Å²) in [4.78, 5) is 2.39. The van der Waals surface area contributed by atoms with Gasteiger partial charge in [0.25, 0.3) is 0 Å². The molecule has 0 aliphatic carbocycles. The van der Waals surface area contributed by atoms with Gasteiger partial charge in [-0.3, -0.25) is 4.90 Å². The zero-order valence-electron chi connectivity index (χ0n) is 10.8. The van der Waals surface area contributed by atoms with Gasteiger partial charge in [-0.2, -0.15) is 0 Å². The fourth-order valence-corrected chi connectivity index (χ4v) is 2.86. The van der Waals surface area contributed by atoms with E-state index in [2.05, 4.69) is 27.8 Å². The van der Waals surface area contributed by atoms with Crippen LogP contribution in [0.3, 0.4) is 0 Å². The molecule has 0 saturated carbocycles. The zero-order chi connectivity index (χ0) is 13.0. The molecule has 2 heterocycles. The maximum Gasteiger partial charge on any atom is 0.169 e. The van der Waals surface area contributed by atoms with Crippen LogP contribution in [0.25, 0.3) is 0 Å². The van der Waals surface area contributed by atoms with Crippen LogP contribution in [0.15, 0.2) is 21.2 Å². The molecular weight excluding hydrogens is 296 g/mol. The first-order valence-electron chi connectivity index (χ1n) is 6.55. The molecule has 1 aromatic rings. The topological polar surface area (TPSA) is 51.6 Å². The van der Waals surface area contributed by atoms with E-state index in [1.165, 1.54) is 0 Å². The largest absolute Gasteiger partial charge is 0.453 e. The molecule has 0 radical (unpaired) electrons. The second kappa shape index (κ2) is 6.70. The summed E-state index contributed by atoms with van der Waals surface area (Å²) in [6.45, 7) is 5.47. The summed E-state index contributed by atoms with van der Waals surface area (Å²) < 4.78 is 12.1. The van der Waals surface area contributed by atoms with Crippen molar-refractivity contribution in [3.63, 3.8) is 0 Å². The fourth-order valence-electron chi connectivity index (χ4n) is 2.54. The second-order valence-corrected chi connectivity index (χ2v) is 5.37. The lowest BCUT2D eigenvalue weighted by Crippen LogP contribution is -2.41. The van der Waals surface area contributed by atoms with Crippen LogP contribution in [0.2, 0.25) is 0 Å². The van der Waals surface area contributed by atoms with E-state index in [9.17, 15) is 0 Å².